The molecule has 0 aliphatic heterocycles. The molecule has 0 aromatic heterocycles. The first-order valence-corrected chi connectivity index (χ1v) is 5.91. The summed E-state index contributed by atoms with van der Waals surface area (Å²) in [6, 6.07) is 20.2. The quantitative estimate of drug-likeness (QED) is 0.717. The van der Waals surface area contributed by atoms with Gasteiger partial charge in [-0.1, -0.05) is 55.5 Å². The van der Waals surface area contributed by atoms with Crippen molar-refractivity contribution in [3.63, 3.8) is 0 Å². The molecule has 0 spiro atoms. The number of hydrogen-bond donors (Lipinski definition) is 0. The van der Waals surface area contributed by atoms with E-state index in [-0.39, 0.29) is 0 Å². The molecule has 1 radical (unpaired) electrons. The Bertz CT molecular complexity index is 412. The lowest BCUT2D eigenvalue weighted by Crippen LogP contribution is -1.91. The van der Waals surface area contributed by atoms with Crippen LogP contribution >= 0.6 is 0 Å². The van der Waals surface area contributed by atoms with Crippen molar-refractivity contribution < 1.29 is 0 Å². The second-order valence-electron chi connectivity index (χ2n) is 4.08. The summed E-state index contributed by atoms with van der Waals surface area (Å²) in [5.74, 6) is 0. The Labute approximate surface area is 97.9 Å². The standard InChI is InChI=1S/C16H17/c1-2-14-8-10-16(11-9-14)13-12-15-6-4-3-5-7-15/h4-11H,2,12-13H2,1H3. The molecule has 0 atom stereocenters. The van der Waals surface area contributed by atoms with Gasteiger partial charge >= 0.3 is 0 Å². The summed E-state index contributed by atoms with van der Waals surface area (Å²) < 4.78 is 0. The molecule has 0 nitrogen and oxygen atoms in total. The molecular weight excluding hydrogens is 192 g/mol. The molecule has 2 aromatic rings. The van der Waals surface area contributed by atoms with Crippen LogP contribution in [0.5, 0.6) is 0 Å². The largest absolute Gasteiger partial charge is 0.0613 e. The highest BCUT2D eigenvalue weighted by Gasteiger charge is 1.95. The third kappa shape index (κ3) is 2.96. The SMILES string of the molecule is CCc1ccc(CCc2cc[c]cc2)cc1. The van der Waals surface area contributed by atoms with Crippen LogP contribution in [0.3, 0.4) is 0 Å². The molecule has 0 aliphatic carbocycles. The Morgan fingerprint density at radius 1 is 0.750 bits per heavy atom. The number of benzene rings is 2. The van der Waals surface area contributed by atoms with E-state index in [0.717, 1.165) is 19.3 Å². The molecule has 0 N–H and O–H groups in total. The van der Waals surface area contributed by atoms with Crippen LogP contribution in [0.15, 0.2) is 48.5 Å². The van der Waals surface area contributed by atoms with E-state index in [1.54, 1.807) is 0 Å². The smallest absolute Gasteiger partial charge is 0.0184 e. The first-order chi connectivity index (χ1) is 7.88. The maximum absolute atomic E-state index is 3.05. The van der Waals surface area contributed by atoms with Crippen molar-refractivity contribution in [2.24, 2.45) is 0 Å². The average molecular weight is 209 g/mol. The van der Waals surface area contributed by atoms with Gasteiger partial charge in [-0.3, -0.25) is 0 Å². The second kappa shape index (κ2) is 5.50. The molecule has 0 bridgehead atoms. The highest BCUT2D eigenvalue weighted by molar-refractivity contribution is 5.24. The predicted octanol–water partition coefficient (Wildman–Crippen LogP) is 3.83. The lowest BCUT2D eigenvalue weighted by molar-refractivity contribution is 0.957. The number of aryl methyl sites for hydroxylation is 3. The van der Waals surface area contributed by atoms with E-state index in [2.05, 4.69) is 49.4 Å². The zero-order chi connectivity index (χ0) is 11.2. The van der Waals surface area contributed by atoms with Crippen LogP contribution in [0.4, 0.5) is 0 Å². The molecule has 0 amide bonds. The van der Waals surface area contributed by atoms with Gasteiger partial charge in [-0.05, 0) is 42.0 Å². The summed E-state index contributed by atoms with van der Waals surface area (Å²) in [4.78, 5) is 0. The van der Waals surface area contributed by atoms with Gasteiger partial charge in [0, 0.05) is 0 Å². The summed E-state index contributed by atoms with van der Waals surface area (Å²) in [6.07, 6.45) is 3.35. The van der Waals surface area contributed by atoms with Crippen LogP contribution in [0, 0.1) is 6.07 Å². The van der Waals surface area contributed by atoms with Crippen LogP contribution in [-0.4, -0.2) is 0 Å². The maximum atomic E-state index is 3.05. The molecule has 2 rings (SSSR count). The maximum Gasteiger partial charge on any atom is -0.0184 e. The van der Waals surface area contributed by atoms with Crippen LogP contribution in [0.25, 0.3) is 0 Å². The van der Waals surface area contributed by atoms with Gasteiger partial charge in [0.25, 0.3) is 0 Å². The molecule has 0 saturated heterocycles. The Balaban J connectivity index is 1.94. The number of hydrogen-bond acceptors (Lipinski definition) is 0. The zero-order valence-corrected chi connectivity index (χ0v) is 9.74. The number of rotatable bonds is 4. The monoisotopic (exact) mass is 209 g/mol. The summed E-state index contributed by atoms with van der Waals surface area (Å²) in [7, 11) is 0. The fraction of sp³-hybridized carbons (Fsp3) is 0.250. The summed E-state index contributed by atoms with van der Waals surface area (Å²) >= 11 is 0. The molecule has 0 heterocycles. The molecule has 0 heteroatoms. The molecule has 16 heavy (non-hydrogen) atoms. The topological polar surface area (TPSA) is 0 Å². The van der Waals surface area contributed by atoms with E-state index in [1.807, 2.05) is 12.1 Å². The van der Waals surface area contributed by atoms with Crippen molar-refractivity contribution in [1.82, 2.24) is 0 Å². The van der Waals surface area contributed by atoms with E-state index in [4.69, 9.17) is 0 Å². The van der Waals surface area contributed by atoms with Crippen molar-refractivity contribution in [3.8, 4) is 0 Å². The molecule has 0 unspecified atom stereocenters. The Kier molecular flexibility index (Phi) is 3.76. The highest BCUT2D eigenvalue weighted by atomic mass is 14.0. The highest BCUT2D eigenvalue weighted by Crippen LogP contribution is 2.09. The summed E-state index contributed by atoms with van der Waals surface area (Å²) in [5, 5.41) is 0. The van der Waals surface area contributed by atoms with Crippen LogP contribution in [-0.2, 0) is 19.3 Å². The van der Waals surface area contributed by atoms with Crippen LogP contribution in [0.2, 0.25) is 0 Å². The third-order valence-electron chi connectivity index (χ3n) is 2.92. The average Bonchev–Trinajstić information content (AvgIpc) is 2.38. The predicted molar refractivity (Wildman–Crippen MR) is 68.5 cm³/mol. The van der Waals surface area contributed by atoms with Gasteiger partial charge in [0.05, 0.1) is 0 Å². The Morgan fingerprint density at radius 3 is 1.81 bits per heavy atom. The third-order valence-corrected chi connectivity index (χ3v) is 2.92. The van der Waals surface area contributed by atoms with Crippen molar-refractivity contribution >= 4 is 0 Å². The molecular formula is C16H17. The minimum atomic E-state index is 1.11. The normalized spacial score (nSPS) is 10.3. The van der Waals surface area contributed by atoms with Gasteiger partial charge in [-0.15, -0.1) is 0 Å². The van der Waals surface area contributed by atoms with E-state index in [1.165, 1.54) is 16.7 Å². The van der Waals surface area contributed by atoms with Gasteiger partial charge in [-0.25, -0.2) is 0 Å². The fourth-order valence-electron chi connectivity index (χ4n) is 1.82. The van der Waals surface area contributed by atoms with Gasteiger partial charge < -0.3 is 0 Å². The summed E-state index contributed by atoms with van der Waals surface area (Å²) in [6.45, 7) is 2.19. The van der Waals surface area contributed by atoms with Crippen molar-refractivity contribution in [2.75, 3.05) is 0 Å². The Morgan fingerprint density at radius 2 is 1.25 bits per heavy atom. The second-order valence-corrected chi connectivity index (χ2v) is 4.08. The molecule has 0 fully saturated rings. The lowest BCUT2D eigenvalue weighted by Gasteiger charge is -2.03. The minimum absolute atomic E-state index is 1.11. The first kappa shape index (κ1) is 10.9. The van der Waals surface area contributed by atoms with E-state index >= 15 is 0 Å². The van der Waals surface area contributed by atoms with Crippen molar-refractivity contribution in [3.05, 3.63) is 71.3 Å². The molecule has 2 aromatic carbocycles. The summed E-state index contributed by atoms with van der Waals surface area (Å²) in [5.41, 5.74) is 4.22. The first-order valence-electron chi connectivity index (χ1n) is 5.91. The van der Waals surface area contributed by atoms with Crippen LogP contribution < -0.4 is 0 Å². The zero-order valence-electron chi connectivity index (χ0n) is 9.74. The van der Waals surface area contributed by atoms with Crippen molar-refractivity contribution in [1.29, 1.82) is 0 Å². The van der Waals surface area contributed by atoms with E-state index in [9.17, 15) is 0 Å². The minimum Gasteiger partial charge on any atom is -0.0613 e. The van der Waals surface area contributed by atoms with Gasteiger partial charge in [0.15, 0.2) is 0 Å². The van der Waals surface area contributed by atoms with E-state index < -0.39 is 0 Å². The fourth-order valence-corrected chi connectivity index (χ4v) is 1.82. The molecule has 81 valence electrons. The van der Waals surface area contributed by atoms with Crippen molar-refractivity contribution in [2.45, 2.75) is 26.2 Å². The lowest BCUT2D eigenvalue weighted by atomic mass is 10.0. The van der Waals surface area contributed by atoms with Gasteiger partial charge in [0.2, 0.25) is 0 Å². The van der Waals surface area contributed by atoms with Gasteiger partial charge in [-0.2, -0.15) is 0 Å². The van der Waals surface area contributed by atoms with Gasteiger partial charge in [0.1, 0.15) is 0 Å². The van der Waals surface area contributed by atoms with Crippen LogP contribution in [0.1, 0.15) is 23.6 Å². The van der Waals surface area contributed by atoms with E-state index in [0.29, 0.717) is 0 Å². The Hall–Kier alpha value is -1.56. The molecule has 0 saturated carbocycles. The molecule has 0 aliphatic rings.